The van der Waals surface area contributed by atoms with Crippen molar-refractivity contribution in [3.63, 3.8) is 0 Å². The van der Waals surface area contributed by atoms with Crippen LogP contribution in [0.5, 0.6) is 11.5 Å². The molecule has 0 aliphatic carbocycles. The van der Waals surface area contributed by atoms with Crippen LogP contribution in [0.15, 0.2) is 48.5 Å². The molecule has 3 aromatic rings. The zero-order valence-electron chi connectivity index (χ0n) is 23.0. The number of hydrogen-bond acceptors (Lipinski definition) is 4. The molecule has 4 heteroatoms. The maximum Gasteiger partial charge on any atom is 0.231 e. The molecular weight excluding hydrogens is 456 g/mol. The Morgan fingerprint density at radius 3 is 2.46 bits per heavy atom. The van der Waals surface area contributed by atoms with Crippen molar-refractivity contribution in [3.05, 3.63) is 76.3 Å². The van der Waals surface area contributed by atoms with Gasteiger partial charge in [0.2, 0.25) is 6.79 Å². The summed E-state index contributed by atoms with van der Waals surface area (Å²) >= 11 is 0. The number of hydrogen-bond donors (Lipinski definition) is 0. The van der Waals surface area contributed by atoms with Gasteiger partial charge in [0.05, 0.1) is 0 Å². The summed E-state index contributed by atoms with van der Waals surface area (Å²) in [7, 11) is 0. The van der Waals surface area contributed by atoms with E-state index < -0.39 is 0 Å². The highest BCUT2D eigenvalue weighted by Crippen LogP contribution is 2.45. The molecule has 0 bridgehead atoms. The molecule has 3 aromatic carbocycles. The Labute approximate surface area is 222 Å². The van der Waals surface area contributed by atoms with Gasteiger partial charge in [0.1, 0.15) is 0 Å². The van der Waals surface area contributed by atoms with E-state index in [4.69, 9.17) is 9.47 Å². The van der Waals surface area contributed by atoms with Crippen LogP contribution in [0, 0.1) is 0 Å². The predicted octanol–water partition coefficient (Wildman–Crippen LogP) is 6.97. The molecule has 0 amide bonds. The maximum atomic E-state index is 5.86. The molecule has 194 valence electrons. The largest absolute Gasteiger partial charge is 0.454 e. The molecule has 0 N–H and O–H groups in total. The molecule has 3 aliphatic heterocycles. The second-order valence-corrected chi connectivity index (χ2v) is 11.7. The zero-order chi connectivity index (χ0) is 25.7. The first-order chi connectivity index (χ1) is 17.9. The normalized spacial score (nSPS) is 17.4. The molecule has 4 nitrogen and oxygen atoms in total. The SMILES string of the molecule is CC(C)c1c(-c2ccc3c(c2)CCN(C(C)Cc2ccc4c(c2)CCN4C(C)C)C3)ccc2c1OCO2. The average molecular weight is 497 g/mol. The van der Waals surface area contributed by atoms with E-state index >= 15 is 0 Å². The molecule has 0 aromatic heterocycles. The molecule has 1 unspecified atom stereocenters. The average Bonchev–Trinajstić information content (AvgIpc) is 3.54. The number of anilines is 1. The van der Waals surface area contributed by atoms with Gasteiger partial charge in [0.25, 0.3) is 0 Å². The molecule has 0 fully saturated rings. The fourth-order valence-corrected chi connectivity index (χ4v) is 6.55. The fraction of sp³-hybridized carbons (Fsp3) is 0.455. The van der Waals surface area contributed by atoms with Gasteiger partial charge < -0.3 is 14.4 Å². The molecule has 0 radical (unpaired) electrons. The Bertz CT molecular complexity index is 1310. The first-order valence-electron chi connectivity index (χ1n) is 14.1. The molecule has 37 heavy (non-hydrogen) atoms. The summed E-state index contributed by atoms with van der Waals surface area (Å²) in [6.45, 7) is 15.1. The van der Waals surface area contributed by atoms with Crippen molar-refractivity contribution in [2.45, 2.75) is 78.4 Å². The van der Waals surface area contributed by atoms with Crippen LogP contribution in [0.4, 0.5) is 5.69 Å². The number of rotatable bonds is 6. The Kier molecular flexibility index (Phi) is 6.40. The fourth-order valence-electron chi connectivity index (χ4n) is 6.55. The molecule has 3 aliphatic rings. The van der Waals surface area contributed by atoms with Gasteiger partial charge >= 0.3 is 0 Å². The summed E-state index contributed by atoms with van der Waals surface area (Å²) < 4.78 is 11.5. The summed E-state index contributed by atoms with van der Waals surface area (Å²) in [6, 6.07) is 19.6. The monoisotopic (exact) mass is 496 g/mol. The van der Waals surface area contributed by atoms with Gasteiger partial charge in [0, 0.05) is 43.0 Å². The minimum Gasteiger partial charge on any atom is -0.454 e. The maximum absolute atomic E-state index is 5.86. The predicted molar refractivity (Wildman–Crippen MR) is 152 cm³/mol. The lowest BCUT2D eigenvalue weighted by molar-refractivity contribution is 0.173. The van der Waals surface area contributed by atoms with Gasteiger partial charge in [-0.15, -0.1) is 0 Å². The second kappa shape index (κ2) is 9.72. The highest BCUT2D eigenvalue weighted by atomic mass is 16.7. The van der Waals surface area contributed by atoms with Crippen molar-refractivity contribution in [1.29, 1.82) is 0 Å². The Morgan fingerprint density at radius 2 is 1.65 bits per heavy atom. The molecular formula is C33H40N2O2. The van der Waals surface area contributed by atoms with Crippen molar-refractivity contribution in [2.24, 2.45) is 0 Å². The summed E-state index contributed by atoms with van der Waals surface area (Å²) in [5.41, 5.74) is 11.2. The molecule has 0 spiro atoms. The summed E-state index contributed by atoms with van der Waals surface area (Å²) in [5, 5.41) is 0. The van der Waals surface area contributed by atoms with Gasteiger partial charge in [-0.2, -0.15) is 0 Å². The Balaban J connectivity index is 1.18. The second-order valence-electron chi connectivity index (χ2n) is 11.7. The number of benzene rings is 3. The Morgan fingerprint density at radius 1 is 0.811 bits per heavy atom. The van der Waals surface area contributed by atoms with Crippen LogP contribution in [0.3, 0.4) is 0 Å². The zero-order valence-corrected chi connectivity index (χ0v) is 23.0. The number of fused-ring (bicyclic) bond motifs is 3. The van der Waals surface area contributed by atoms with E-state index in [2.05, 4.69) is 92.9 Å². The van der Waals surface area contributed by atoms with E-state index in [1.54, 1.807) is 0 Å². The van der Waals surface area contributed by atoms with Crippen LogP contribution < -0.4 is 14.4 Å². The van der Waals surface area contributed by atoms with Crippen LogP contribution in [-0.2, 0) is 25.8 Å². The van der Waals surface area contributed by atoms with Crippen LogP contribution in [0.2, 0.25) is 0 Å². The van der Waals surface area contributed by atoms with Crippen molar-refractivity contribution in [3.8, 4) is 22.6 Å². The van der Waals surface area contributed by atoms with Crippen LogP contribution in [0.25, 0.3) is 11.1 Å². The van der Waals surface area contributed by atoms with Crippen molar-refractivity contribution < 1.29 is 9.47 Å². The van der Waals surface area contributed by atoms with Gasteiger partial charge in [-0.3, -0.25) is 4.90 Å². The van der Waals surface area contributed by atoms with Crippen LogP contribution in [0.1, 0.15) is 68.4 Å². The summed E-state index contributed by atoms with van der Waals surface area (Å²) in [4.78, 5) is 5.20. The number of ether oxygens (including phenoxy) is 2. The van der Waals surface area contributed by atoms with E-state index in [1.807, 2.05) is 0 Å². The number of nitrogens with zero attached hydrogens (tertiary/aromatic N) is 2. The van der Waals surface area contributed by atoms with E-state index in [1.165, 1.54) is 51.1 Å². The lowest BCUT2D eigenvalue weighted by Crippen LogP contribution is -2.38. The van der Waals surface area contributed by atoms with E-state index in [9.17, 15) is 0 Å². The Hall–Kier alpha value is -2.98. The summed E-state index contributed by atoms with van der Waals surface area (Å²) in [5.74, 6) is 2.16. The first kappa shape index (κ1) is 24.4. The topological polar surface area (TPSA) is 24.9 Å². The third-order valence-corrected chi connectivity index (χ3v) is 8.57. The summed E-state index contributed by atoms with van der Waals surface area (Å²) in [6.07, 6.45) is 3.39. The van der Waals surface area contributed by atoms with Crippen molar-refractivity contribution >= 4 is 5.69 Å². The van der Waals surface area contributed by atoms with Crippen molar-refractivity contribution in [2.75, 3.05) is 24.8 Å². The molecule has 3 heterocycles. The van der Waals surface area contributed by atoms with Crippen LogP contribution in [-0.4, -0.2) is 36.9 Å². The lowest BCUT2D eigenvalue weighted by atomic mass is 9.88. The first-order valence-corrected chi connectivity index (χ1v) is 14.1. The van der Waals surface area contributed by atoms with E-state index in [0.717, 1.165) is 44.0 Å². The van der Waals surface area contributed by atoms with E-state index in [-0.39, 0.29) is 0 Å². The van der Waals surface area contributed by atoms with Gasteiger partial charge in [0.15, 0.2) is 11.5 Å². The quantitative estimate of drug-likeness (QED) is 0.368. The molecule has 0 saturated carbocycles. The molecule has 6 rings (SSSR count). The smallest absolute Gasteiger partial charge is 0.231 e. The van der Waals surface area contributed by atoms with Gasteiger partial charge in [-0.25, -0.2) is 0 Å². The molecule has 0 saturated heterocycles. The van der Waals surface area contributed by atoms with Crippen molar-refractivity contribution in [1.82, 2.24) is 4.90 Å². The molecule has 1 atom stereocenters. The van der Waals surface area contributed by atoms with E-state index in [0.29, 0.717) is 24.8 Å². The standard InChI is InChI=1S/C33H40N2O2/c1-21(2)32-29(9-11-31-33(32)37-20-36-31)26-7-8-28-19-34(14-12-25(28)18-26)23(5)16-24-6-10-30-27(17-24)13-15-35(30)22(3)4/h6-11,17-18,21-23H,12-16,19-20H2,1-5H3. The van der Waals surface area contributed by atoms with Gasteiger partial charge in [-0.05, 0) is 91.5 Å². The van der Waals surface area contributed by atoms with Crippen LogP contribution >= 0.6 is 0 Å². The third-order valence-electron chi connectivity index (χ3n) is 8.57. The highest BCUT2D eigenvalue weighted by molar-refractivity contribution is 5.74. The minimum atomic E-state index is 0.318. The van der Waals surface area contributed by atoms with Gasteiger partial charge in [-0.1, -0.05) is 50.2 Å². The highest BCUT2D eigenvalue weighted by Gasteiger charge is 2.26. The lowest BCUT2D eigenvalue weighted by Gasteiger charge is -2.34. The third kappa shape index (κ3) is 4.50. The minimum absolute atomic E-state index is 0.318.